The lowest BCUT2D eigenvalue weighted by Gasteiger charge is -2.23. The molecule has 0 atom stereocenters. The first-order chi connectivity index (χ1) is 8.31. The van der Waals surface area contributed by atoms with Gasteiger partial charge in [-0.25, -0.2) is 4.79 Å². The Morgan fingerprint density at radius 2 is 2.18 bits per heavy atom. The smallest absolute Gasteiger partial charge is 0.345 e. The van der Waals surface area contributed by atoms with Crippen LogP contribution in [0.2, 0.25) is 0 Å². The first kappa shape index (κ1) is 12.1. The molecule has 0 radical (unpaired) electrons. The summed E-state index contributed by atoms with van der Waals surface area (Å²) in [6.07, 6.45) is 7.71. The maximum atomic E-state index is 11.3. The van der Waals surface area contributed by atoms with Gasteiger partial charge in [0.05, 0.1) is 11.9 Å². The third-order valence-corrected chi connectivity index (χ3v) is 3.32. The molecule has 1 aliphatic rings. The normalized spacial score (nSPS) is 17.0. The van der Waals surface area contributed by atoms with Gasteiger partial charge in [0, 0.05) is 24.7 Å². The van der Waals surface area contributed by atoms with Crippen LogP contribution in [0.15, 0.2) is 11.0 Å². The molecule has 5 heteroatoms. The molecule has 0 aliphatic heterocycles. The molecule has 0 saturated heterocycles. The van der Waals surface area contributed by atoms with E-state index in [0.29, 0.717) is 19.0 Å². The molecule has 5 nitrogen and oxygen atoms in total. The van der Waals surface area contributed by atoms with Gasteiger partial charge in [0.2, 0.25) is 0 Å². The minimum atomic E-state index is -0.260. The van der Waals surface area contributed by atoms with Crippen LogP contribution in [0.4, 0.5) is 5.69 Å². The van der Waals surface area contributed by atoms with E-state index < -0.39 is 0 Å². The van der Waals surface area contributed by atoms with Gasteiger partial charge in [0.15, 0.2) is 0 Å². The van der Waals surface area contributed by atoms with Crippen molar-refractivity contribution in [2.75, 3.05) is 18.4 Å². The second-order valence-electron chi connectivity index (χ2n) is 4.57. The zero-order valence-corrected chi connectivity index (χ0v) is 10.0. The minimum Gasteiger partial charge on any atom is -0.381 e. The average Bonchev–Trinajstić information content (AvgIpc) is 2.38. The maximum absolute atomic E-state index is 11.3. The first-order valence-corrected chi connectivity index (χ1v) is 6.34. The van der Waals surface area contributed by atoms with Crippen LogP contribution in [0.25, 0.3) is 0 Å². The Morgan fingerprint density at radius 3 is 2.88 bits per heavy atom. The van der Waals surface area contributed by atoms with Gasteiger partial charge in [-0.15, -0.1) is 0 Å². The highest BCUT2D eigenvalue weighted by Gasteiger charge is 2.19. The summed E-state index contributed by atoms with van der Waals surface area (Å²) in [7, 11) is 0. The van der Waals surface area contributed by atoms with E-state index in [0.717, 1.165) is 24.2 Å². The van der Waals surface area contributed by atoms with Crippen molar-refractivity contribution >= 4 is 5.69 Å². The number of nitrogens with two attached hydrogens (primary N) is 1. The summed E-state index contributed by atoms with van der Waals surface area (Å²) < 4.78 is 0. The molecule has 1 saturated carbocycles. The molecule has 0 bridgehead atoms. The van der Waals surface area contributed by atoms with E-state index >= 15 is 0 Å². The van der Waals surface area contributed by atoms with Crippen molar-refractivity contribution in [3.63, 3.8) is 0 Å². The molecule has 1 aromatic heterocycles. The molecule has 2 rings (SSSR count). The number of rotatable bonds is 4. The second kappa shape index (κ2) is 5.82. The molecule has 0 unspecified atom stereocenters. The molecule has 0 spiro atoms. The van der Waals surface area contributed by atoms with E-state index in [1.807, 2.05) is 0 Å². The Kier molecular flexibility index (Phi) is 4.14. The number of nitrogens with zero attached hydrogens (tertiary/aromatic N) is 1. The quantitative estimate of drug-likeness (QED) is 0.733. The van der Waals surface area contributed by atoms with Crippen LogP contribution in [-0.2, 0) is 0 Å². The lowest BCUT2D eigenvalue weighted by atomic mass is 9.86. The highest BCUT2D eigenvalue weighted by atomic mass is 16.1. The van der Waals surface area contributed by atoms with E-state index in [2.05, 4.69) is 15.3 Å². The zero-order valence-electron chi connectivity index (χ0n) is 10.0. The molecule has 0 amide bonds. The summed E-state index contributed by atoms with van der Waals surface area (Å²) in [5, 5.41) is 3.23. The number of nitrogens with one attached hydrogen (secondary N) is 2. The fraction of sp³-hybridized carbons (Fsp3) is 0.667. The van der Waals surface area contributed by atoms with Crippen LogP contribution in [-0.4, -0.2) is 23.1 Å². The van der Waals surface area contributed by atoms with Crippen molar-refractivity contribution in [2.24, 2.45) is 5.73 Å². The van der Waals surface area contributed by atoms with Crippen molar-refractivity contribution < 1.29 is 0 Å². The molecule has 1 heterocycles. The van der Waals surface area contributed by atoms with Crippen molar-refractivity contribution in [1.29, 1.82) is 0 Å². The van der Waals surface area contributed by atoms with Crippen LogP contribution in [0.5, 0.6) is 0 Å². The topological polar surface area (TPSA) is 83.8 Å². The van der Waals surface area contributed by atoms with Crippen LogP contribution < -0.4 is 16.7 Å². The Morgan fingerprint density at radius 1 is 1.41 bits per heavy atom. The molecule has 1 fully saturated rings. The largest absolute Gasteiger partial charge is 0.381 e. The van der Waals surface area contributed by atoms with Gasteiger partial charge in [-0.1, -0.05) is 19.3 Å². The Labute approximate surface area is 101 Å². The monoisotopic (exact) mass is 236 g/mol. The number of aromatic nitrogens is 2. The van der Waals surface area contributed by atoms with Gasteiger partial charge in [-0.05, 0) is 12.8 Å². The fourth-order valence-electron chi connectivity index (χ4n) is 2.47. The Bertz CT molecular complexity index is 409. The molecule has 0 aromatic carbocycles. The van der Waals surface area contributed by atoms with Gasteiger partial charge in [0.25, 0.3) is 0 Å². The van der Waals surface area contributed by atoms with Crippen molar-refractivity contribution in [1.82, 2.24) is 9.97 Å². The lowest BCUT2D eigenvalue weighted by Crippen LogP contribution is -2.21. The van der Waals surface area contributed by atoms with Crippen LogP contribution in [0.3, 0.4) is 0 Å². The van der Waals surface area contributed by atoms with E-state index in [1.54, 1.807) is 6.20 Å². The summed E-state index contributed by atoms with van der Waals surface area (Å²) in [5.74, 6) is 0.458. The summed E-state index contributed by atoms with van der Waals surface area (Å²) in [4.78, 5) is 18.0. The number of anilines is 1. The van der Waals surface area contributed by atoms with Crippen molar-refractivity contribution in [2.45, 2.75) is 38.0 Å². The number of hydrogen-bond acceptors (Lipinski definition) is 4. The molecule has 94 valence electrons. The van der Waals surface area contributed by atoms with E-state index in [-0.39, 0.29) is 5.69 Å². The predicted molar refractivity (Wildman–Crippen MR) is 68.2 cm³/mol. The van der Waals surface area contributed by atoms with Gasteiger partial charge < -0.3 is 16.0 Å². The molecular weight excluding hydrogens is 216 g/mol. The third kappa shape index (κ3) is 3.06. The molecule has 1 aromatic rings. The third-order valence-electron chi connectivity index (χ3n) is 3.32. The highest BCUT2D eigenvalue weighted by molar-refractivity contribution is 5.47. The van der Waals surface area contributed by atoms with Crippen molar-refractivity contribution in [3.05, 3.63) is 22.4 Å². The molecule has 4 N–H and O–H groups in total. The maximum Gasteiger partial charge on any atom is 0.345 e. The average molecular weight is 236 g/mol. The summed E-state index contributed by atoms with van der Waals surface area (Å²) >= 11 is 0. The number of hydrogen-bond donors (Lipinski definition) is 3. The zero-order chi connectivity index (χ0) is 12.1. The minimum absolute atomic E-state index is 0.260. The van der Waals surface area contributed by atoms with E-state index in [4.69, 9.17) is 5.73 Å². The van der Waals surface area contributed by atoms with E-state index in [1.165, 1.54) is 19.3 Å². The van der Waals surface area contributed by atoms with Crippen molar-refractivity contribution in [3.8, 4) is 0 Å². The molecule has 1 aliphatic carbocycles. The molecule has 17 heavy (non-hydrogen) atoms. The second-order valence-corrected chi connectivity index (χ2v) is 4.57. The van der Waals surface area contributed by atoms with Crippen LogP contribution >= 0.6 is 0 Å². The number of H-pyrrole nitrogens is 1. The van der Waals surface area contributed by atoms with Crippen LogP contribution in [0.1, 0.15) is 43.7 Å². The lowest BCUT2D eigenvalue weighted by molar-refractivity contribution is 0.436. The Hall–Kier alpha value is -1.36. The van der Waals surface area contributed by atoms with Gasteiger partial charge >= 0.3 is 5.69 Å². The Balaban J connectivity index is 2.22. The standard InChI is InChI=1S/C12H20N4O/c13-6-7-14-10-8-15-12(17)16-11(10)9-4-2-1-3-5-9/h8-9,14H,1-7,13H2,(H,15,16,17). The van der Waals surface area contributed by atoms with Crippen LogP contribution in [0, 0.1) is 0 Å². The fourth-order valence-corrected chi connectivity index (χ4v) is 2.47. The molecular formula is C12H20N4O. The summed E-state index contributed by atoms with van der Waals surface area (Å²) in [5.41, 5.74) is 7.16. The van der Waals surface area contributed by atoms with Gasteiger partial charge in [0.1, 0.15) is 0 Å². The van der Waals surface area contributed by atoms with Gasteiger partial charge in [-0.3, -0.25) is 0 Å². The SMILES string of the molecule is NCCNc1cnc(=O)[nH]c1C1CCCCC1. The van der Waals surface area contributed by atoms with Gasteiger partial charge in [-0.2, -0.15) is 4.98 Å². The van der Waals surface area contributed by atoms with E-state index in [9.17, 15) is 4.79 Å². The summed E-state index contributed by atoms with van der Waals surface area (Å²) in [6.45, 7) is 1.27. The predicted octanol–water partition coefficient (Wildman–Crippen LogP) is 1.19. The first-order valence-electron chi connectivity index (χ1n) is 6.34. The summed E-state index contributed by atoms with van der Waals surface area (Å²) in [6, 6.07) is 0. The highest BCUT2D eigenvalue weighted by Crippen LogP contribution is 2.34. The number of aromatic amines is 1.